The molecule has 2 aromatic rings. The van der Waals surface area contributed by atoms with Crippen molar-refractivity contribution < 1.29 is 14.5 Å². The maximum atomic E-state index is 12.0. The fourth-order valence-corrected chi connectivity index (χ4v) is 2.69. The van der Waals surface area contributed by atoms with E-state index >= 15 is 0 Å². The fourth-order valence-electron chi connectivity index (χ4n) is 2.29. The van der Waals surface area contributed by atoms with Crippen LogP contribution in [0.2, 0.25) is 0 Å². The molecule has 0 heterocycles. The van der Waals surface area contributed by atoms with Gasteiger partial charge in [-0.05, 0) is 53.0 Å². The lowest BCUT2D eigenvalue weighted by Gasteiger charge is -2.09. The molecule has 2 aromatic carbocycles. The van der Waals surface area contributed by atoms with E-state index in [1.807, 2.05) is 32.0 Å². The van der Waals surface area contributed by atoms with Gasteiger partial charge in [0.25, 0.3) is 5.69 Å². The number of carbonyl (C=O) groups is 2. The molecule has 0 aliphatic rings. The van der Waals surface area contributed by atoms with E-state index in [2.05, 4.69) is 31.8 Å². The number of hydrogen-bond acceptors (Lipinski definition) is 5. The van der Waals surface area contributed by atoms with Crippen LogP contribution in [0.15, 0.2) is 46.0 Å². The Hall–Kier alpha value is -3.07. The lowest BCUT2D eigenvalue weighted by molar-refractivity contribution is -0.385. The van der Waals surface area contributed by atoms with E-state index in [4.69, 9.17) is 0 Å². The van der Waals surface area contributed by atoms with E-state index < -0.39 is 10.8 Å². The van der Waals surface area contributed by atoms with Crippen LogP contribution < -0.4 is 10.7 Å². The van der Waals surface area contributed by atoms with Gasteiger partial charge in [0.1, 0.15) is 0 Å². The average molecular weight is 447 g/mol. The van der Waals surface area contributed by atoms with Gasteiger partial charge in [-0.15, -0.1) is 0 Å². The number of nitrogens with zero attached hydrogens (tertiary/aromatic N) is 2. The van der Waals surface area contributed by atoms with E-state index in [0.29, 0.717) is 10.0 Å². The third kappa shape index (κ3) is 6.27. The molecule has 0 atom stereocenters. The number of hydrogen-bond donors (Lipinski definition) is 2. The van der Waals surface area contributed by atoms with Crippen LogP contribution in [0, 0.1) is 24.0 Å². The highest BCUT2D eigenvalue weighted by molar-refractivity contribution is 9.10. The number of nitrogens with one attached hydrogen (secondary N) is 2. The molecule has 0 saturated carbocycles. The van der Waals surface area contributed by atoms with Crippen LogP contribution in [0.5, 0.6) is 0 Å². The zero-order valence-electron chi connectivity index (χ0n) is 15.4. The predicted octanol–water partition coefficient (Wildman–Crippen LogP) is 3.84. The Labute approximate surface area is 170 Å². The van der Waals surface area contributed by atoms with Crippen LogP contribution in [0.1, 0.15) is 29.5 Å². The van der Waals surface area contributed by atoms with E-state index in [9.17, 15) is 19.7 Å². The molecule has 0 aromatic heterocycles. The minimum absolute atomic E-state index is 0.0124. The highest BCUT2D eigenvalue weighted by Crippen LogP contribution is 2.24. The van der Waals surface area contributed by atoms with Crippen molar-refractivity contribution in [2.75, 3.05) is 5.32 Å². The molecular formula is C19H19BrN4O4. The molecule has 0 fully saturated rings. The minimum Gasteiger partial charge on any atom is -0.326 e. The Kier molecular flexibility index (Phi) is 7.39. The van der Waals surface area contributed by atoms with Crippen LogP contribution >= 0.6 is 15.9 Å². The van der Waals surface area contributed by atoms with E-state index in [1.54, 1.807) is 6.07 Å². The van der Waals surface area contributed by atoms with Gasteiger partial charge in [-0.2, -0.15) is 5.10 Å². The molecule has 146 valence electrons. The number of amides is 2. The molecule has 28 heavy (non-hydrogen) atoms. The first-order valence-corrected chi connectivity index (χ1v) is 9.18. The Balaban J connectivity index is 1.83. The van der Waals surface area contributed by atoms with Gasteiger partial charge in [-0.25, -0.2) is 5.43 Å². The second-order valence-corrected chi connectivity index (χ2v) is 6.98. The molecule has 2 rings (SSSR count). The van der Waals surface area contributed by atoms with Gasteiger partial charge >= 0.3 is 0 Å². The minimum atomic E-state index is -0.519. The van der Waals surface area contributed by atoms with Crippen molar-refractivity contribution in [3.8, 4) is 0 Å². The van der Waals surface area contributed by atoms with Gasteiger partial charge < -0.3 is 5.32 Å². The fraction of sp³-hybridized carbons (Fsp3) is 0.211. The second-order valence-electron chi connectivity index (χ2n) is 6.13. The summed E-state index contributed by atoms with van der Waals surface area (Å²) in [6.07, 6.45) is 1.28. The summed E-state index contributed by atoms with van der Waals surface area (Å²) in [7, 11) is 0. The Morgan fingerprint density at radius 3 is 2.57 bits per heavy atom. The highest BCUT2D eigenvalue weighted by atomic mass is 79.9. The van der Waals surface area contributed by atoms with Crippen LogP contribution in [0.3, 0.4) is 0 Å². The SMILES string of the molecule is Cc1ccc(C)c(NC(=O)CCC(=O)NN=Cc2ccc(Br)c([N+](=O)[O-])c2)c1. The number of carbonyl (C=O) groups excluding carboxylic acids is 2. The Morgan fingerprint density at radius 1 is 1.14 bits per heavy atom. The number of benzene rings is 2. The van der Waals surface area contributed by atoms with Gasteiger partial charge in [0, 0.05) is 30.2 Å². The van der Waals surface area contributed by atoms with Crippen molar-refractivity contribution in [1.82, 2.24) is 5.43 Å². The average Bonchev–Trinajstić information content (AvgIpc) is 2.64. The van der Waals surface area contributed by atoms with E-state index in [1.165, 1.54) is 18.3 Å². The van der Waals surface area contributed by atoms with Crippen molar-refractivity contribution in [3.05, 3.63) is 67.7 Å². The molecule has 2 amide bonds. The summed E-state index contributed by atoms with van der Waals surface area (Å²) in [6.45, 7) is 3.82. The molecular weight excluding hydrogens is 428 g/mol. The largest absolute Gasteiger partial charge is 0.326 e. The molecule has 0 unspecified atom stereocenters. The summed E-state index contributed by atoms with van der Waals surface area (Å²) in [5.41, 5.74) is 5.36. The first-order chi connectivity index (χ1) is 13.3. The third-order valence-corrected chi connectivity index (χ3v) is 4.49. The van der Waals surface area contributed by atoms with Crippen LogP contribution in [-0.2, 0) is 9.59 Å². The predicted molar refractivity (Wildman–Crippen MR) is 110 cm³/mol. The lowest BCUT2D eigenvalue weighted by Crippen LogP contribution is -2.21. The summed E-state index contributed by atoms with van der Waals surface area (Å²) < 4.78 is 0.355. The van der Waals surface area contributed by atoms with Crippen LogP contribution in [-0.4, -0.2) is 23.0 Å². The van der Waals surface area contributed by atoms with Gasteiger partial charge in [-0.3, -0.25) is 19.7 Å². The molecule has 0 spiro atoms. The summed E-state index contributed by atoms with van der Waals surface area (Å²) in [4.78, 5) is 34.2. The van der Waals surface area contributed by atoms with Gasteiger partial charge in [0.05, 0.1) is 15.6 Å². The molecule has 0 radical (unpaired) electrons. The summed E-state index contributed by atoms with van der Waals surface area (Å²) in [5.74, 6) is -0.699. The highest BCUT2D eigenvalue weighted by Gasteiger charge is 2.12. The monoisotopic (exact) mass is 446 g/mol. The first kappa shape index (κ1) is 21.2. The summed E-state index contributed by atoms with van der Waals surface area (Å²) in [6, 6.07) is 10.2. The normalized spacial score (nSPS) is 10.7. The van der Waals surface area contributed by atoms with Crippen molar-refractivity contribution in [3.63, 3.8) is 0 Å². The number of anilines is 1. The van der Waals surface area contributed by atoms with Crippen LogP contribution in [0.25, 0.3) is 0 Å². The maximum Gasteiger partial charge on any atom is 0.284 e. The molecule has 2 N–H and O–H groups in total. The Bertz CT molecular complexity index is 944. The van der Waals surface area contributed by atoms with Gasteiger partial charge in [-0.1, -0.05) is 18.2 Å². The third-order valence-electron chi connectivity index (χ3n) is 3.82. The van der Waals surface area contributed by atoms with Gasteiger partial charge in [0.15, 0.2) is 0 Å². The zero-order valence-corrected chi connectivity index (χ0v) is 16.9. The van der Waals surface area contributed by atoms with Crippen molar-refractivity contribution in [2.45, 2.75) is 26.7 Å². The molecule has 0 bridgehead atoms. The number of nitro benzene ring substituents is 1. The number of rotatable bonds is 7. The van der Waals surface area contributed by atoms with Crippen LogP contribution in [0.4, 0.5) is 11.4 Å². The Morgan fingerprint density at radius 2 is 1.86 bits per heavy atom. The topological polar surface area (TPSA) is 114 Å². The zero-order chi connectivity index (χ0) is 20.7. The number of aryl methyl sites for hydroxylation is 2. The molecule has 9 heteroatoms. The molecule has 0 saturated heterocycles. The van der Waals surface area contributed by atoms with Crippen molar-refractivity contribution >= 4 is 45.3 Å². The second kappa shape index (κ2) is 9.75. The van der Waals surface area contributed by atoms with E-state index in [-0.39, 0.29) is 24.4 Å². The van der Waals surface area contributed by atoms with Crippen molar-refractivity contribution in [1.29, 1.82) is 0 Å². The quantitative estimate of drug-likeness (QED) is 0.381. The number of halogens is 1. The summed E-state index contributed by atoms with van der Waals surface area (Å²) in [5, 5.41) is 17.4. The standard InChI is InChI=1S/C19H19BrN4O4/c1-12-3-4-13(2)16(9-12)22-18(25)7-8-19(26)23-21-11-14-5-6-15(20)17(10-14)24(27)28/h3-6,9-11H,7-8H2,1-2H3,(H,22,25)(H,23,26). The number of hydrazone groups is 1. The van der Waals surface area contributed by atoms with E-state index in [0.717, 1.165) is 16.8 Å². The van der Waals surface area contributed by atoms with Gasteiger partial charge in [0.2, 0.25) is 11.8 Å². The smallest absolute Gasteiger partial charge is 0.284 e. The molecule has 0 aliphatic carbocycles. The number of nitro groups is 1. The lowest BCUT2D eigenvalue weighted by atomic mass is 10.1. The molecule has 8 nitrogen and oxygen atoms in total. The summed E-state index contributed by atoms with van der Waals surface area (Å²) >= 11 is 3.09. The maximum absolute atomic E-state index is 12.0. The molecule has 0 aliphatic heterocycles. The van der Waals surface area contributed by atoms with Crippen molar-refractivity contribution in [2.24, 2.45) is 5.10 Å². The first-order valence-electron chi connectivity index (χ1n) is 8.39.